The molecule has 412 valence electrons. The van der Waals surface area contributed by atoms with Gasteiger partial charge in [0.2, 0.25) is 0 Å². The van der Waals surface area contributed by atoms with Crippen LogP contribution < -0.4 is 0 Å². The van der Waals surface area contributed by atoms with Crippen LogP contribution in [0.4, 0.5) is 0 Å². The van der Waals surface area contributed by atoms with E-state index in [1.54, 1.807) is 0 Å². The molecular formula is C64H120O6. The summed E-state index contributed by atoms with van der Waals surface area (Å²) in [6, 6.07) is 0. The molecule has 0 spiro atoms. The average molecular weight is 986 g/mol. The first kappa shape index (κ1) is 67.9. The number of ether oxygens (including phenoxy) is 3. The number of allylic oxidation sites excluding steroid dienone is 4. The zero-order valence-corrected chi connectivity index (χ0v) is 47.3. The zero-order chi connectivity index (χ0) is 50.7. The van der Waals surface area contributed by atoms with Gasteiger partial charge < -0.3 is 14.2 Å². The standard InChI is InChI=1S/C64H120O6/c1-4-7-10-13-16-18-20-22-24-26-27-28-29-30-31-32-33-34-35-36-37-38-40-41-43-45-48-51-54-57-63(66)69-60-61(59-68-62(65)56-53-50-47-15-12-9-6-3)70-64(67)58-55-52-49-46-44-42-39-25-23-21-19-17-14-11-8-5-2/h19,21,25,39,61H,4-18,20,22-24,26-38,40-60H2,1-3H3/b21-19-,39-25-. The van der Waals surface area contributed by atoms with Crippen molar-refractivity contribution in [3.05, 3.63) is 24.3 Å². The predicted molar refractivity (Wildman–Crippen MR) is 303 cm³/mol. The average Bonchev–Trinajstić information content (AvgIpc) is 3.36. The van der Waals surface area contributed by atoms with Crippen LogP contribution in [0.1, 0.15) is 348 Å². The molecule has 0 aliphatic rings. The summed E-state index contributed by atoms with van der Waals surface area (Å²) in [6.45, 7) is 6.62. The van der Waals surface area contributed by atoms with E-state index in [4.69, 9.17) is 14.2 Å². The van der Waals surface area contributed by atoms with Crippen molar-refractivity contribution in [2.24, 2.45) is 0 Å². The first-order valence-corrected chi connectivity index (χ1v) is 31.3. The molecule has 0 radical (unpaired) electrons. The van der Waals surface area contributed by atoms with Crippen molar-refractivity contribution in [1.29, 1.82) is 0 Å². The molecule has 0 aromatic carbocycles. The molecule has 1 atom stereocenters. The summed E-state index contributed by atoms with van der Waals surface area (Å²) in [5.41, 5.74) is 0. The number of carbonyl (C=O) groups excluding carboxylic acids is 3. The van der Waals surface area contributed by atoms with Gasteiger partial charge in [-0.15, -0.1) is 0 Å². The Morgan fingerprint density at radius 2 is 0.514 bits per heavy atom. The summed E-state index contributed by atoms with van der Waals surface area (Å²) >= 11 is 0. The summed E-state index contributed by atoms with van der Waals surface area (Å²) in [7, 11) is 0. The molecule has 0 fully saturated rings. The van der Waals surface area contributed by atoms with E-state index in [0.717, 1.165) is 77.0 Å². The Labute approximate surface area is 436 Å². The maximum absolute atomic E-state index is 12.8. The second kappa shape index (κ2) is 59.5. The maximum atomic E-state index is 12.8. The Hall–Kier alpha value is -2.11. The van der Waals surface area contributed by atoms with Crippen molar-refractivity contribution in [1.82, 2.24) is 0 Å². The van der Waals surface area contributed by atoms with Crippen LogP contribution in [0.2, 0.25) is 0 Å². The molecule has 0 aromatic rings. The molecule has 6 nitrogen and oxygen atoms in total. The van der Waals surface area contributed by atoms with Gasteiger partial charge in [0.1, 0.15) is 13.2 Å². The number of hydrogen-bond acceptors (Lipinski definition) is 6. The molecule has 0 amide bonds. The SMILES string of the molecule is CCCCCC/C=C\C/C=C\CCCCCCCC(=O)OC(COC(=O)CCCCCCCCC)COC(=O)CCCCCCCCCCCCCCCCCCCCCCCCCCCCCCC. The smallest absolute Gasteiger partial charge is 0.306 e. The van der Waals surface area contributed by atoms with Crippen LogP contribution in [0.5, 0.6) is 0 Å². The van der Waals surface area contributed by atoms with Gasteiger partial charge in [0.05, 0.1) is 0 Å². The number of rotatable bonds is 58. The van der Waals surface area contributed by atoms with E-state index < -0.39 is 6.10 Å². The zero-order valence-electron chi connectivity index (χ0n) is 47.3. The highest BCUT2D eigenvalue weighted by Gasteiger charge is 2.19. The summed E-state index contributed by atoms with van der Waals surface area (Å²) in [5.74, 6) is -0.873. The van der Waals surface area contributed by atoms with E-state index in [1.807, 2.05) is 0 Å². The van der Waals surface area contributed by atoms with Crippen LogP contribution in [0.15, 0.2) is 24.3 Å². The molecule has 0 aromatic heterocycles. The lowest BCUT2D eigenvalue weighted by atomic mass is 10.0. The molecule has 0 aliphatic carbocycles. The van der Waals surface area contributed by atoms with Gasteiger partial charge in [-0.3, -0.25) is 14.4 Å². The second-order valence-corrected chi connectivity index (χ2v) is 21.3. The van der Waals surface area contributed by atoms with Crippen molar-refractivity contribution >= 4 is 17.9 Å². The minimum Gasteiger partial charge on any atom is -0.462 e. The van der Waals surface area contributed by atoms with Gasteiger partial charge >= 0.3 is 17.9 Å². The topological polar surface area (TPSA) is 78.9 Å². The van der Waals surface area contributed by atoms with E-state index in [-0.39, 0.29) is 31.1 Å². The van der Waals surface area contributed by atoms with Gasteiger partial charge in [0, 0.05) is 19.3 Å². The number of esters is 3. The van der Waals surface area contributed by atoms with E-state index in [2.05, 4.69) is 45.1 Å². The highest BCUT2D eigenvalue weighted by Crippen LogP contribution is 2.18. The Morgan fingerprint density at radius 3 is 0.800 bits per heavy atom. The highest BCUT2D eigenvalue weighted by atomic mass is 16.6. The third-order valence-corrected chi connectivity index (χ3v) is 14.2. The van der Waals surface area contributed by atoms with Crippen LogP contribution in [0, 0.1) is 0 Å². The molecule has 0 aliphatic heterocycles. The third-order valence-electron chi connectivity index (χ3n) is 14.2. The lowest BCUT2D eigenvalue weighted by molar-refractivity contribution is -0.167. The Morgan fingerprint density at radius 1 is 0.286 bits per heavy atom. The third kappa shape index (κ3) is 56.8. The Kier molecular flexibility index (Phi) is 57.7. The van der Waals surface area contributed by atoms with Gasteiger partial charge in [-0.05, 0) is 51.4 Å². The van der Waals surface area contributed by atoms with Crippen LogP contribution in [0.3, 0.4) is 0 Å². The number of unbranched alkanes of at least 4 members (excludes halogenated alkanes) is 43. The quantitative estimate of drug-likeness (QED) is 0.0261. The van der Waals surface area contributed by atoms with Gasteiger partial charge in [-0.25, -0.2) is 0 Å². The summed E-state index contributed by atoms with van der Waals surface area (Å²) in [4.78, 5) is 38.0. The fourth-order valence-electron chi connectivity index (χ4n) is 9.48. The monoisotopic (exact) mass is 985 g/mol. The van der Waals surface area contributed by atoms with Crippen LogP contribution >= 0.6 is 0 Å². The molecule has 0 heterocycles. The Bertz CT molecular complexity index is 1130. The minimum absolute atomic E-state index is 0.0723. The largest absolute Gasteiger partial charge is 0.462 e. The number of carbonyl (C=O) groups is 3. The highest BCUT2D eigenvalue weighted by molar-refractivity contribution is 5.71. The minimum atomic E-state index is -0.773. The first-order chi connectivity index (χ1) is 34.5. The molecule has 0 rings (SSSR count). The van der Waals surface area contributed by atoms with Gasteiger partial charge in [0.25, 0.3) is 0 Å². The van der Waals surface area contributed by atoms with Crippen molar-refractivity contribution in [2.75, 3.05) is 13.2 Å². The maximum Gasteiger partial charge on any atom is 0.306 e. The lowest BCUT2D eigenvalue weighted by Crippen LogP contribution is -2.30. The van der Waals surface area contributed by atoms with Crippen molar-refractivity contribution in [3.8, 4) is 0 Å². The summed E-state index contributed by atoms with van der Waals surface area (Å²) in [6.07, 6.45) is 70.8. The normalized spacial score (nSPS) is 12.1. The molecule has 70 heavy (non-hydrogen) atoms. The van der Waals surface area contributed by atoms with Crippen molar-refractivity contribution < 1.29 is 28.6 Å². The lowest BCUT2D eigenvalue weighted by Gasteiger charge is -2.18. The molecule has 0 saturated heterocycles. The molecule has 1 unspecified atom stereocenters. The first-order valence-electron chi connectivity index (χ1n) is 31.3. The van der Waals surface area contributed by atoms with Gasteiger partial charge in [-0.1, -0.05) is 302 Å². The van der Waals surface area contributed by atoms with E-state index in [0.29, 0.717) is 19.3 Å². The Balaban J connectivity index is 4.01. The molecule has 0 N–H and O–H groups in total. The van der Waals surface area contributed by atoms with E-state index in [1.165, 1.54) is 231 Å². The molecular weight excluding hydrogens is 865 g/mol. The van der Waals surface area contributed by atoms with Gasteiger partial charge in [-0.2, -0.15) is 0 Å². The van der Waals surface area contributed by atoms with Crippen molar-refractivity contribution in [3.63, 3.8) is 0 Å². The van der Waals surface area contributed by atoms with E-state index in [9.17, 15) is 14.4 Å². The van der Waals surface area contributed by atoms with E-state index >= 15 is 0 Å². The van der Waals surface area contributed by atoms with Crippen LogP contribution in [0.25, 0.3) is 0 Å². The molecule has 0 bridgehead atoms. The summed E-state index contributed by atoms with van der Waals surface area (Å²) < 4.78 is 16.8. The fourth-order valence-corrected chi connectivity index (χ4v) is 9.48. The van der Waals surface area contributed by atoms with Gasteiger partial charge in [0.15, 0.2) is 6.10 Å². The molecule has 6 heteroatoms. The predicted octanol–water partition coefficient (Wildman–Crippen LogP) is 21.1. The summed E-state index contributed by atoms with van der Waals surface area (Å²) in [5, 5.41) is 0. The second-order valence-electron chi connectivity index (χ2n) is 21.3. The molecule has 0 saturated carbocycles. The number of hydrogen-bond donors (Lipinski definition) is 0. The van der Waals surface area contributed by atoms with Crippen molar-refractivity contribution in [2.45, 2.75) is 354 Å². The van der Waals surface area contributed by atoms with Crippen LogP contribution in [-0.4, -0.2) is 37.2 Å². The fraction of sp³-hybridized carbons (Fsp3) is 0.891. The van der Waals surface area contributed by atoms with Crippen LogP contribution in [-0.2, 0) is 28.6 Å².